The Labute approximate surface area is 141 Å². The first-order valence-corrected chi connectivity index (χ1v) is 7.04. The third-order valence-electron chi connectivity index (χ3n) is 2.87. The third kappa shape index (κ3) is 4.21. The molecule has 0 aliphatic rings. The van der Waals surface area contributed by atoms with Crippen molar-refractivity contribution in [1.82, 2.24) is 0 Å². The van der Waals surface area contributed by atoms with Crippen molar-refractivity contribution in [3.8, 4) is 5.75 Å². The largest absolute Gasteiger partial charge is 0.506 e. The highest BCUT2D eigenvalue weighted by Crippen LogP contribution is 2.28. The average Bonchev–Trinajstić information content (AvgIpc) is 2.51. The first-order valence-electron chi connectivity index (χ1n) is 6.28. The number of nitro benzene ring substituents is 1. The Hall–Kier alpha value is -2.57. The molecular weight excluding hydrogens is 343 g/mol. The second kappa shape index (κ2) is 7.13. The maximum Gasteiger partial charge on any atom is 0.271 e. The van der Waals surface area contributed by atoms with E-state index in [-0.39, 0.29) is 27.9 Å². The number of hydrogen-bond acceptors (Lipinski definition) is 5. The molecule has 0 aliphatic carbocycles. The van der Waals surface area contributed by atoms with Crippen LogP contribution < -0.4 is 5.32 Å². The van der Waals surface area contributed by atoms with Gasteiger partial charge >= 0.3 is 0 Å². The van der Waals surface area contributed by atoms with Gasteiger partial charge in [0.25, 0.3) is 5.69 Å². The molecule has 0 saturated heterocycles. The molecule has 0 heterocycles. The predicted octanol–water partition coefficient (Wildman–Crippen LogP) is 4.42. The molecular formula is C15H10Cl2N2O4. The molecule has 2 aromatic rings. The molecule has 0 saturated carbocycles. The van der Waals surface area contributed by atoms with Crippen molar-refractivity contribution >= 4 is 40.4 Å². The first kappa shape index (κ1) is 16.8. The summed E-state index contributed by atoms with van der Waals surface area (Å²) < 4.78 is 0. The Morgan fingerprint density at radius 2 is 1.91 bits per heavy atom. The van der Waals surface area contributed by atoms with Gasteiger partial charge in [-0.1, -0.05) is 23.2 Å². The lowest BCUT2D eigenvalue weighted by atomic mass is 10.1. The second-order valence-electron chi connectivity index (χ2n) is 4.43. The molecule has 0 amide bonds. The quantitative estimate of drug-likeness (QED) is 0.273. The average molecular weight is 353 g/mol. The van der Waals surface area contributed by atoms with Gasteiger partial charge in [0.2, 0.25) is 0 Å². The van der Waals surface area contributed by atoms with E-state index in [4.69, 9.17) is 23.2 Å². The van der Waals surface area contributed by atoms with Crippen molar-refractivity contribution in [3.63, 3.8) is 0 Å². The maximum absolute atomic E-state index is 12.0. The fraction of sp³-hybridized carbons (Fsp3) is 0. The van der Waals surface area contributed by atoms with E-state index in [0.717, 1.165) is 6.07 Å². The van der Waals surface area contributed by atoms with Gasteiger partial charge in [0.1, 0.15) is 5.75 Å². The summed E-state index contributed by atoms with van der Waals surface area (Å²) >= 11 is 11.6. The van der Waals surface area contributed by atoms with E-state index in [2.05, 4.69) is 5.32 Å². The minimum atomic E-state index is -0.588. The number of non-ortho nitro benzene ring substituents is 1. The van der Waals surface area contributed by atoms with Crippen LogP contribution in [0.3, 0.4) is 0 Å². The number of nitro groups is 1. The predicted molar refractivity (Wildman–Crippen MR) is 88.3 cm³/mol. The number of halogens is 2. The summed E-state index contributed by atoms with van der Waals surface area (Å²) in [5, 5.41) is 23.5. The summed E-state index contributed by atoms with van der Waals surface area (Å²) in [6.07, 6.45) is 2.47. The van der Waals surface area contributed by atoms with E-state index in [1.807, 2.05) is 0 Å². The topological polar surface area (TPSA) is 92.5 Å². The molecule has 8 heteroatoms. The highest BCUT2D eigenvalue weighted by Gasteiger charge is 2.09. The van der Waals surface area contributed by atoms with Gasteiger partial charge in [-0.05, 0) is 24.3 Å². The molecule has 0 fully saturated rings. The Morgan fingerprint density at radius 1 is 1.17 bits per heavy atom. The van der Waals surface area contributed by atoms with Crippen molar-refractivity contribution in [2.45, 2.75) is 0 Å². The summed E-state index contributed by atoms with van der Waals surface area (Å²) in [7, 11) is 0. The van der Waals surface area contributed by atoms with Gasteiger partial charge in [0, 0.05) is 30.0 Å². The molecule has 0 aromatic heterocycles. The SMILES string of the molecule is O=C(/C=C/Nc1cc([N+](=O)[O-])ccc1O)c1ccc(Cl)c(Cl)c1. The highest BCUT2D eigenvalue weighted by atomic mass is 35.5. The number of hydrogen-bond donors (Lipinski definition) is 2. The number of anilines is 1. The molecule has 0 bridgehead atoms. The fourth-order valence-corrected chi connectivity index (χ4v) is 2.00. The van der Waals surface area contributed by atoms with Crippen molar-refractivity contribution in [3.05, 3.63) is 74.4 Å². The molecule has 0 atom stereocenters. The zero-order valence-electron chi connectivity index (χ0n) is 11.5. The number of nitrogens with zero attached hydrogens (tertiary/aromatic N) is 1. The number of carbonyl (C=O) groups excluding carboxylic acids is 1. The van der Waals surface area contributed by atoms with Crippen LogP contribution in [0.25, 0.3) is 0 Å². The molecule has 0 unspecified atom stereocenters. The van der Waals surface area contributed by atoms with Crippen molar-refractivity contribution in [1.29, 1.82) is 0 Å². The molecule has 6 nitrogen and oxygen atoms in total. The van der Waals surface area contributed by atoms with Gasteiger partial charge in [-0.25, -0.2) is 0 Å². The highest BCUT2D eigenvalue weighted by molar-refractivity contribution is 6.42. The summed E-state index contributed by atoms with van der Waals surface area (Å²) in [5.74, 6) is -0.525. The lowest BCUT2D eigenvalue weighted by molar-refractivity contribution is -0.384. The van der Waals surface area contributed by atoms with Gasteiger partial charge < -0.3 is 10.4 Å². The van der Waals surface area contributed by atoms with Crippen LogP contribution in [0.2, 0.25) is 10.0 Å². The van der Waals surface area contributed by atoms with Crippen molar-refractivity contribution < 1.29 is 14.8 Å². The number of rotatable bonds is 5. The van der Waals surface area contributed by atoms with Crippen LogP contribution in [0.5, 0.6) is 5.75 Å². The number of ketones is 1. The van der Waals surface area contributed by atoms with E-state index in [1.54, 1.807) is 0 Å². The number of nitrogens with one attached hydrogen (secondary N) is 1. The van der Waals surface area contributed by atoms with E-state index >= 15 is 0 Å². The monoisotopic (exact) mass is 352 g/mol. The third-order valence-corrected chi connectivity index (χ3v) is 3.61. The summed E-state index contributed by atoms with van der Waals surface area (Å²) in [4.78, 5) is 22.1. The van der Waals surface area contributed by atoms with Crippen molar-refractivity contribution in [2.75, 3.05) is 5.32 Å². The van der Waals surface area contributed by atoms with Crippen LogP contribution in [0, 0.1) is 10.1 Å². The second-order valence-corrected chi connectivity index (χ2v) is 5.24. The van der Waals surface area contributed by atoms with Gasteiger partial charge in [-0.15, -0.1) is 0 Å². The first-order chi connectivity index (χ1) is 10.9. The molecule has 0 spiro atoms. The Balaban J connectivity index is 2.12. The van der Waals surface area contributed by atoms with E-state index in [9.17, 15) is 20.0 Å². The number of carbonyl (C=O) groups is 1. The Morgan fingerprint density at radius 3 is 2.57 bits per heavy atom. The number of phenols is 1. The molecule has 118 valence electrons. The molecule has 2 rings (SSSR count). The minimum Gasteiger partial charge on any atom is -0.506 e. The normalized spacial score (nSPS) is 10.7. The van der Waals surface area contributed by atoms with E-state index in [0.29, 0.717) is 10.6 Å². The van der Waals surface area contributed by atoms with Crippen LogP contribution in [0.15, 0.2) is 48.7 Å². The van der Waals surface area contributed by atoms with E-state index in [1.165, 1.54) is 42.6 Å². The van der Waals surface area contributed by atoms with Crippen LogP contribution >= 0.6 is 23.2 Å². The number of benzene rings is 2. The number of allylic oxidation sites excluding steroid dienone is 1. The Kier molecular flexibility index (Phi) is 5.20. The lowest BCUT2D eigenvalue weighted by Crippen LogP contribution is -1.97. The van der Waals surface area contributed by atoms with Crippen molar-refractivity contribution in [2.24, 2.45) is 0 Å². The van der Waals surface area contributed by atoms with Crippen LogP contribution in [0.4, 0.5) is 11.4 Å². The molecule has 0 aliphatic heterocycles. The zero-order valence-corrected chi connectivity index (χ0v) is 13.0. The smallest absolute Gasteiger partial charge is 0.271 e. The van der Waals surface area contributed by atoms with Gasteiger partial charge in [0.15, 0.2) is 5.78 Å². The van der Waals surface area contributed by atoms with Gasteiger partial charge in [-0.2, -0.15) is 0 Å². The molecule has 23 heavy (non-hydrogen) atoms. The fourth-order valence-electron chi connectivity index (χ4n) is 1.71. The van der Waals surface area contributed by atoms with Crippen LogP contribution in [-0.4, -0.2) is 15.8 Å². The number of phenolic OH excluding ortho intramolecular Hbond substituents is 1. The van der Waals surface area contributed by atoms with Crippen LogP contribution in [-0.2, 0) is 0 Å². The lowest BCUT2D eigenvalue weighted by Gasteiger charge is -2.04. The molecule has 0 radical (unpaired) electrons. The van der Waals surface area contributed by atoms with E-state index < -0.39 is 4.92 Å². The summed E-state index contributed by atoms with van der Waals surface area (Å²) in [5.41, 5.74) is 0.257. The molecule has 2 N–H and O–H groups in total. The molecule has 2 aromatic carbocycles. The van der Waals surface area contributed by atoms with Gasteiger partial charge in [-0.3, -0.25) is 14.9 Å². The zero-order chi connectivity index (χ0) is 17.0. The van der Waals surface area contributed by atoms with Gasteiger partial charge in [0.05, 0.1) is 20.7 Å². The Bertz CT molecular complexity index is 806. The number of aromatic hydroxyl groups is 1. The maximum atomic E-state index is 12.0. The van der Waals surface area contributed by atoms with Crippen LogP contribution in [0.1, 0.15) is 10.4 Å². The summed E-state index contributed by atoms with van der Waals surface area (Å²) in [6.45, 7) is 0. The summed E-state index contributed by atoms with van der Waals surface area (Å²) in [6, 6.07) is 7.97. The standard InChI is InChI=1S/C15H10Cl2N2O4/c16-11-3-1-9(7-12(11)17)14(20)5-6-18-13-8-10(19(22)23)2-4-15(13)21/h1-8,18,21H/b6-5+. The minimum absolute atomic E-state index is 0.109.